The largest absolute Gasteiger partial charge is 0.478 e. The average Bonchev–Trinajstić information content (AvgIpc) is 2.18. The number of carboxylic acids is 1. The number of methoxy groups -OCH3 is 1. The van der Waals surface area contributed by atoms with Gasteiger partial charge in [-0.3, -0.25) is 0 Å². The van der Waals surface area contributed by atoms with Gasteiger partial charge in [0.25, 0.3) is 0 Å². The molecule has 0 aliphatic carbocycles. The summed E-state index contributed by atoms with van der Waals surface area (Å²) in [6.07, 6.45) is 1.60. The van der Waals surface area contributed by atoms with Crippen LogP contribution in [0.25, 0.3) is 6.08 Å². The van der Waals surface area contributed by atoms with Gasteiger partial charge in [0.05, 0.1) is 12.2 Å². The highest BCUT2D eigenvalue weighted by molar-refractivity contribution is 5.92. The van der Waals surface area contributed by atoms with E-state index in [1.54, 1.807) is 6.08 Å². The summed E-state index contributed by atoms with van der Waals surface area (Å²) in [5, 5.41) is 8.82. The number of ether oxygens (including phenoxy) is 1. The summed E-state index contributed by atoms with van der Waals surface area (Å²) >= 11 is 0. The molecule has 0 unspecified atom stereocenters. The molecule has 0 aromatic heterocycles. The van der Waals surface area contributed by atoms with E-state index in [4.69, 9.17) is 9.84 Å². The van der Waals surface area contributed by atoms with Crippen LogP contribution in [0.2, 0.25) is 0 Å². The molecule has 3 heteroatoms. The van der Waals surface area contributed by atoms with E-state index in [1.807, 2.05) is 30.3 Å². The fraction of sp³-hybridized carbons (Fsp3) is 0.182. The van der Waals surface area contributed by atoms with Crippen LogP contribution in [0.1, 0.15) is 5.56 Å². The summed E-state index contributed by atoms with van der Waals surface area (Å²) in [5.41, 5.74) is 1.11. The van der Waals surface area contributed by atoms with Gasteiger partial charge in [0, 0.05) is 7.11 Å². The summed E-state index contributed by atoms with van der Waals surface area (Å²) in [6, 6.07) is 9.29. The van der Waals surface area contributed by atoms with Crippen LogP contribution in [0.4, 0.5) is 0 Å². The second-order valence-electron chi connectivity index (χ2n) is 2.82. The first-order valence-electron chi connectivity index (χ1n) is 4.22. The molecule has 1 aromatic carbocycles. The molecule has 0 radical (unpaired) electrons. The molecular formula is C11H12O3. The van der Waals surface area contributed by atoms with Crippen LogP contribution >= 0.6 is 0 Å². The smallest absolute Gasteiger partial charge is 0.333 e. The molecule has 1 rings (SSSR count). The highest BCUT2D eigenvalue weighted by Gasteiger charge is 2.05. The van der Waals surface area contributed by atoms with E-state index in [1.165, 1.54) is 7.11 Å². The van der Waals surface area contributed by atoms with Crippen molar-refractivity contribution in [2.75, 3.05) is 13.7 Å². The maximum absolute atomic E-state index is 10.7. The van der Waals surface area contributed by atoms with Crippen molar-refractivity contribution in [1.29, 1.82) is 0 Å². The zero-order valence-electron chi connectivity index (χ0n) is 7.93. The third kappa shape index (κ3) is 3.03. The third-order valence-electron chi connectivity index (χ3n) is 1.72. The fourth-order valence-corrected chi connectivity index (χ4v) is 1.07. The molecule has 3 nitrogen and oxygen atoms in total. The number of aliphatic carboxylic acids is 1. The van der Waals surface area contributed by atoms with Crippen molar-refractivity contribution in [1.82, 2.24) is 0 Å². The number of benzene rings is 1. The molecule has 14 heavy (non-hydrogen) atoms. The Hall–Kier alpha value is -1.61. The zero-order chi connectivity index (χ0) is 10.4. The fourth-order valence-electron chi connectivity index (χ4n) is 1.07. The second-order valence-corrected chi connectivity index (χ2v) is 2.82. The lowest BCUT2D eigenvalue weighted by molar-refractivity contribution is -0.133. The normalized spacial score (nSPS) is 11.4. The average molecular weight is 192 g/mol. The Kier molecular flexibility index (Phi) is 3.88. The van der Waals surface area contributed by atoms with E-state index in [0.717, 1.165) is 5.56 Å². The number of carboxylic acid groups (broad SMARTS) is 1. The minimum atomic E-state index is -0.948. The zero-order valence-corrected chi connectivity index (χ0v) is 7.93. The Balaban J connectivity index is 2.88. The van der Waals surface area contributed by atoms with Crippen molar-refractivity contribution in [3.8, 4) is 0 Å². The predicted molar refractivity (Wildman–Crippen MR) is 53.9 cm³/mol. The van der Waals surface area contributed by atoms with Crippen LogP contribution in [0, 0.1) is 0 Å². The highest BCUT2D eigenvalue weighted by Crippen LogP contribution is 2.06. The topological polar surface area (TPSA) is 46.5 Å². The first-order valence-corrected chi connectivity index (χ1v) is 4.22. The molecule has 74 valence electrons. The lowest BCUT2D eigenvalue weighted by Gasteiger charge is -2.00. The van der Waals surface area contributed by atoms with E-state index in [0.29, 0.717) is 0 Å². The highest BCUT2D eigenvalue weighted by atomic mass is 16.5. The van der Waals surface area contributed by atoms with Crippen LogP contribution in [0.5, 0.6) is 0 Å². The van der Waals surface area contributed by atoms with E-state index >= 15 is 0 Å². The van der Waals surface area contributed by atoms with E-state index in [-0.39, 0.29) is 12.2 Å². The van der Waals surface area contributed by atoms with E-state index < -0.39 is 5.97 Å². The number of hydrogen-bond acceptors (Lipinski definition) is 2. The first-order chi connectivity index (χ1) is 6.74. The van der Waals surface area contributed by atoms with Crippen LogP contribution in [0.3, 0.4) is 0 Å². The van der Waals surface area contributed by atoms with Gasteiger partial charge in [-0.25, -0.2) is 4.79 Å². The molecule has 0 fully saturated rings. The summed E-state index contributed by atoms with van der Waals surface area (Å²) in [6.45, 7) is 0.115. The van der Waals surface area contributed by atoms with Crippen molar-refractivity contribution >= 4 is 12.0 Å². The number of carbonyl (C=O) groups is 1. The Morgan fingerprint density at radius 1 is 1.43 bits per heavy atom. The molecule has 0 atom stereocenters. The van der Waals surface area contributed by atoms with Gasteiger partial charge in [-0.15, -0.1) is 0 Å². The molecule has 1 aromatic rings. The first kappa shape index (κ1) is 10.5. The standard InChI is InChI=1S/C11H12O3/c1-14-8-10(11(12)13)7-9-5-3-2-4-6-9/h2-7H,8H2,1H3,(H,12,13)/b10-7+. The maximum Gasteiger partial charge on any atom is 0.333 e. The van der Waals surface area contributed by atoms with Gasteiger partial charge in [-0.1, -0.05) is 30.3 Å². The molecule has 1 N–H and O–H groups in total. The molecular weight excluding hydrogens is 180 g/mol. The van der Waals surface area contributed by atoms with Crippen molar-refractivity contribution in [3.05, 3.63) is 41.5 Å². The summed E-state index contributed by atoms with van der Waals surface area (Å²) < 4.78 is 4.79. The van der Waals surface area contributed by atoms with Crippen molar-refractivity contribution in [3.63, 3.8) is 0 Å². The minimum Gasteiger partial charge on any atom is -0.478 e. The maximum atomic E-state index is 10.7. The van der Waals surface area contributed by atoms with Gasteiger partial charge in [-0.2, -0.15) is 0 Å². The Morgan fingerprint density at radius 2 is 2.07 bits per heavy atom. The molecule has 0 saturated heterocycles. The van der Waals surface area contributed by atoms with Crippen LogP contribution in [0.15, 0.2) is 35.9 Å². The summed E-state index contributed by atoms with van der Waals surface area (Å²) in [5.74, 6) is -0.948. The molecule has 0 aliphatic rings. The van der Waals surface area contributed by atoms with Crippen LogP contribution in [-0.2, 0) is 9.53 Å². The van der Waals surface area contributed by atoms with Crippen LogP contribution in [-0.4, -0.2) is 24.8 Å². The third-order valence-corrected chi connectivity index (χ3v) is 1.72. The summed E-state index contributed by atoms with van der Waals surface area (Å²) in [7, 11) is 1.47. The molecule has 0 spiro atoms. The van der Waals surface area contributed by atoms with Crippen molar-refractivity contribution in [2.24, 2.45) is 0 Å². The monoisotopic (exact) mass is 192 g/mol. The minimum absolute atomic E-state index is 0.115. The van der Waals surface area contributed by atoms with Crippen molar-refractivity contribution in [2.45, 2.75) is 0 Å². The van der Waals surface area contributed by atoms with Gasteiger partial charge in [0.15, 0.2) is 0 Å². The van der Waals surface area contributed by atoms with Gasteiger partial charge in [-0.05, 0) is 11.6 Å². The lowest BCUT2D eigenvalue weighted by Crippen LogP contribution is -2.06. The molecule has 0 heterocycles. The SMILES string of the molecule is COC/C(=C\c1ccccc1)C(=O)O. The van der Waals surface area contributed by atoms with E-state index in [2.05, 4.69) is 0 Å². The van der Waals surface area contributed by atoms with Gasteiger partial charge < -0.3 is 9.84 Å². The molecule has 0 saturated carbocycles. The molecule has 0 aliphatic heterocycles. The Bertz CT molecular complexity index is 328. The quantitative estimate of drug-likeness (QED) is 0.740. The van der Waals surface area contributed by atoms with Crippen LogP contribution < -0.4 is 0 Å². The summed E-state index contributed by atoms with van der Waals surface area (Å²) in [4.78, 5) is 10.7. The van der Waals surface area contributed by atoms with Gasteiger partial charge in [0.2, 0.25) is 0 Å². The predicted octanol–water partition coefficient (Wildman–Crippen LogP) is 1.80. The van der Waals surface area contributed by atoms with Gasteiger partial charge >= 0.3 is 5.97 Å². The van der Waals surface area contributed by atoms with E-state index in [9.17, 15) is 4.79 Å². The molecule has 0 bridgehead atoms. The molecule has 0 amide bonds. The second kappa shape index (κ2) is 5.19. The Morgan fingerprint density at radius 3 is 2.57 bits per heavy atom. The van der Waals surface area contributed by atoms with Gasteiger partial charge in [0.1, 0.15) is 0 Å². The number of hydrogen-bond donors (Lipinski definition) is 1. The Labute approximate surface area is 82.6 Å². The van der Waals surface area contributed by atoms with Crippen molar-refractivity contribution < 1.29 is 14.6 Å². The number of rotatable bonds is 4. The lowest BCUT2D eigenvalue weighted by atomic mass is 10.1.